The third-order valence-electron chi connectivity index (χ3n) is 4.70. The molecule has 1 fully saturated rings. The van der Waals surface area contributed by atoms with Crippen LogP contribution in [0.25, 0.3) is 16.8 Å². The van der Waals surface area contributed by atoms with Gasteiger partial charge < -0.3 is 4.74 Å². The topological polar surface area (TPSA) is 46.6 Å². The first-order chi connectivity index (χ1) is 14.6. The summed E-state index contributed by atoms with van der Waals surface area (Å²) in [6.07, 6.45) is 3.26. The van der Waals surface area contributed by atoms with Crippen molar-refractivity contribution in [1.29, 1.82) is 0 Å². The summed E-state index contributed by atoms with van der Waals surface area (Å²) in [5.41, 5.74) is 1.92. The van der Waals surface area contributed by atoms with Crippen molar-refractivity contribution in [2.75, 3.05) is 6.54 Å². The molecule has 0 bridgehead atoms. The maximum Gasteiger partial charge on any atom is 0.293 e. The number of hydrogen-bond donors (Lipinski definition) is 0. The molecule has 1 heterocycles. The van der Waals surface area contributed by atoms with E-state index < -0.39 is 0 Å². The van der Waals surface area contributed by atoms with Crippen LogP contribution in [0.4, 0.5) is 4.79 Å². The molecule has 3 aromatic carbocycles. The normalized spacial score (nSPS) is 15.2. The van der Waals surface area contributed by atoms with Crippen LogP contribution in [0.2, 0.25) is 0 Å². The lowest BCUT2D eigenvalue weighted by atomic mass is 10.1. The second-order valence-electron chi connectivity index (χ2n) is 6.70. The monoisotopic (exact) mass is 479 g/mol. The molecule has 0 aromatic heterocycles. The molecule has 3 aromatic rings. The molecule has 0 saturated carbocycles. The standard InChI is InChI=1S/C24H18BrNO3S/c1-2-12-26-23(27)22(30-24(26)28)14-16-10-11-21(20(25)13-16)29-15-18-8-5-7-17-6-3-4-9-19(17)18/h2-11,13-14H,1,12,15H2/b22-14+. The van der Waals surface area contributed by atoms with Gasteiger partial charge >= 0.3 is 0 Å². The van der Waals surface area contributed by atoms with Gasteiger partial charge in [-0.25, -0.2) is 0 Å². The van der Waals surface area contributed by atoms with Gasteiger partial charge in [0, 0.05) is 6.54 Å². The highest BCUT2D eigenvalue weighted by Gasteiger charge is 2.34. The van der Waals surface area contributed by atoms with Crippen LogP contribution in [0.15, 0.2) is 82.7 Å². The second kappa shape index (κ2) is 8.90. The van der Waals surface area contributed by atoms with Crippen LogP contribution in [0.1, 0.15) is 11.1 Å². The summed E-state index contributed by atoms with van der Waals surface area (Å²) in [6, 6.07) is 20.0. The Morgan fingerprint density at radius 2 is 1.87 bits per heavy atom. The van der Waals surface area contributed by atoms with Crippen LogP contribution >= 0.6 is 27.7 Å². The SMILES string of the molecule is C=CCN1C(=O)S/C(=C/c2ccc(OCc3cccc4ccccc34)c(Br)c2)C1=O. The van der Waals surface area contributed by atoms with E-state index in [2.05, 4.69) is 46.8 Å². The van der Waals surface area contributed by atoms with Gasteiger partial charge in [0.15, 0.2) is 0 Å². The molecule has 150 valence electrons. The highest BCUT2D eigenvalue weighted by atomic mass is 79.9. The van der Waals surface area contributed by atoms with Gasteiger partial charge in [-0.15, -0.1) is 6.58 Å². The zero-order valence-electron chi connectivity index (χ0n) is 16.0. The Kier molecular flexibility index (Phi) is 6.06. The molecule has 6 heteroatoms. The first kappa shape index (κ1) is 20.4. The molecule has 0 spiro atoms. The fraction of sp³-hybridized carbons (Fsp3) is 0.0833. The minimum atomic E-state index is -0.294. The van der Waals surface area contributed by atoms with Gasteiger partial charge in [-0.05, 0) is 67.8 Å². The summed E-state index contributed by atoms with van der Waals surface area (Å²) in [4.78, 5) is 25.9. The maximum absolute atomic E-state index is 12.4. The van der Waals surface area contributed by atoms with E-state index in [9.17, 15) is 9.59 Å². The van der Waals surface area contributed by atoms with Crippen LogP contribution in [0.5, 0.6) is 5.75 Å². The lowest BCUT2D eigenvalue weighted by molar-refractivity contribution is -0.122. The van der Waals surface area contributed by atoms with Crippen molar-refractivity contribution < 1.29 is 14.3 Å². The lowest BCUT2D eigenvalue weighted by Crippen LogP contribution is -2.27. The Balaban J connectivity index is 1.50. The smallest absolute Gasteiger partial charge is 0.293 e. The average Bonchev–Trinajstić information content (AvgIpc) is 3.01. The maximum atomic E-state index is 12.4. The summed E-state index contributed by atoms with van der Waals surface area (Å²) in [5, 5.41) is 2.07. The third kappa shape index (κ3) is 4.20. The van der Waals surface area contributed by atoms with Gasteiger partial charge in [0.2, 0.25) is 0 Å². The lowest BCUT2D eigenvalue weighted by Gasteiger charge is -2.11. The molecule has 1 aliphatic heterocycles. The van der Waals surface area contributed by atoms with Crippen molar-refractivity contribution >= 4 is 55.7 Å². The van der Waals surface area contributed by atoms with E-state index in [1.165, 1.54) is 21.7 Å². The number of ether oxygens (including phenoxy) is 1. The molecular weight excluding hydrogens is 462 g/mol. The number of nitrogens with zero attached hydrogens (tertiary/aromatic N) is 1. The Morgan fingerprint density at radius 1 is 1.07 bits per heavy atom. The van der Waals surface area contributed by atoms with E-state index in [4.69, 9.17) is 4.74 Å². The number of fused-ring (bicyclic) bond motifs is 1. The predicted molar refractivity (Wildman–Crippen MR) is 125 cm³/mol. The van der Waals surface area contributed by atoms with E-state index >= 15 is 0 Å². The molecule has 1 aliphatic rings. The van der Waals surface area contributed by atoms with Gasteiger partial charge in [-0.2, -0.15) is 0 Å². The molecule has 0 atom stereocenters. The summed E-state index contributed by atoms with van der Waals surface area (Å²) >= 11 is 4.49. The molecule has 30 heavy (non-hydrogen) atoms. The number of carbonyl (C=O) groups is 2. The molecule has 4 nitrogen and oxygen atoms in total. The van der Waals surface area contributed by atoms with E-state index in [1.54, 1.807) is 6.08 Å². The quantitative estimate of drug-likeness (QED) is 0.303. The number of halogens is 1. The van der Waals surface area contributed by atoms with Crippen molar-refractivity contribution in [1.82, 2.24) is 4.90 Å². The molecule has 1 saturated heterocycles. The summed E-state index contributed by atoms with van der Waals surface area (Å²) in [6.45, 7) is 4.24. The van der Waals surface area contributed by atoms with Crippen molar-refractivity contribution in [3.8, 4) is 5.75 Å². The third-order valence-corrected chi connectivity index (χ3v) is 6.23. The van der Waals surface area contributed by atoms with Gasteiger partial charge in [0.1, 0.15) is 12.4 Å². The van der Waals surface area contributed by atoms with Crippen LogP contribution in [-0.2, 0) is 11.4 Å². The number of rotatable bonds is 6. The average molecular weight is 480 g/mol. The van der Waals surface area contributed by atoms with Crippen LogP contribution in [-0.4, -0.2) is 22.6 Å². The molecule has 4 rings (SSSR count). The summed E-state index contributed by atoms with van der Waals surface area (Å²) < 4.78 is 6.81. The fourth-order valence-electron chi connectivity index (χ4n) is 3.24. The highest BCUT2D eigenvalue weighted by molar-refractivity contribution is 9.10. The fourth-order valence-corrected chi connectivity index (χ4v) is 4.59. The zero-order chi connectivity index (χ0) is 21.1. The van der Waals surface area contributed by atoms with E-state index in [-0.39, 0.29) is 17.7 Å². The number of imide groups is 1. The van der Waals surface area contributed by atoms with Crippen molar-refractivity contribution in [2.24, 2.45) is 0 Å². The predicted octanol–water partition coefficient (Wildman–Crippen LogP) is 6.40. The molecule has 0 unspecified atom stereocenters. The minimum absolute atomic E-state index is 0.215. The Morgan fingerprint density at radius 3 is 2.67 bits per heavy atom. The molecule has 2 amide bonds. The minimum Gasteiger partial charge on any atom is -0.488 e. The van der Waals surface area contributed by atoms with Gasteiger partial charge in [-0.3, -0.25) is 14.5 Å². The van der Waals surface area contributed by atoms with Crippen molar-refractivity contribution in [3.63, 3.8) is 0 Å². The number of benzene rings is 3. The first-order valence-electron chi connectivity index (χ1n) is 9.32. The second-order valence-corrected chi connectivity index (χ2v) is 8.55. The zero-order valence-corrected chi connectivity index (χ0v) is 18.4. The van der Waals surface area contributed by atoms with E-state index in [0.29, 0.717) is 17.3 Å². The van der Waals surface area contributed by atoms with Gasteiger partial charge in [0.05, 0.1) is 9.38 Å². The largest absolute Gasteiger partial charge is 0.488 e. The van der Waals surface area contributed by atoms with Gasteiger partial charge in [0.25, 0.3) is 11.1 Å². The first-order valence-corrected chi connectivity index (χ1v) is 10.9. The van der Waals surface area contributed by atoms with Gasteiger partial charge in [-0.1, -0.05) is 54.6 Å². The number of thioether (sulfide) groups is 1. The summed E-state index contributed by atoms with van der Waals surface area (Å²) in [5.74, 6) is 0.414. The number of amides is 2. The number of hydrogen-bond acceptors (Lipinski definition) is 4. The van der Waals surface area contributed by atoms with Crippen molar-refractivity contribution in [2.45, 2.75) is 6.61 Å². The van der Waals surface area contributed by atoms with E-state index in [1.807, 2.05) is 36.4 Å². The van der Waals surface area contributed by atoms with Crippen molar-refractivity contribution in [3.05, 3.63) is 93.8 Å². The molecule has 0 N–H and O–H groups in total. The summed E-state index contributed by atoms with van der Waals surface area (Å²) in [7, 11) is 0. The van der Waals surface area contributed by atoms with E-state index in [0.717, 1.165) is 27.4 Å². The Hall–Kier alpha value is -2.83. The molecular formula is C24H18BrNO3S. The Labute approximate surface area is 187 Å². The van der Waals surface area contributed by atoms with Crippen LogP contribution in [0, 0.1) is 0 Å². The number of carbonyl (C=O) groups excluding carboxylic acids is 2. The highest BCUT2D eigenvalue weighted by Crippen LogP contribution is 2.34. The molecule has 0 aliphatic carbocycles. The van der Waals surface area contributed by atoms with Crippen LogP contribution in [0.3, 0.4) is 0 Å². The molecule has 0 radical (unpaired) electrons. The van der Waals surface area contributed by atoms with Crippen LogP contribution < -0.4 is 4.74 Å². The Bertz CT molecular complexity index is 1180.